The van der Waals surface area contributed by atoms with Crippen molar-refractivity contribution in [1.82, 2.24) is 5.32 Å². The second-order valence-corrected chi connectivity index (χ2v) is 11.3. The van der Waals surface area contributed by atoms with Crippen molar-refractivity contribution < 1.29 is 17.6 Å². The molecule has 2 aliphatic rings. The predicted octanol–water partition coefficient (Wildman–Crippen LogP) is 4.59. The summed E-state index contributed by atoms with van der Waals surface area (Å²) in [5, 5.41) is 3.20. The molecule has 1 fully saturated rings. The lowest BCUT2D eigenvalue weighted by atomic mass is 9.97. The molecule has 1 amide bonds. The summed E-state index contributed by atoms with van der Waals surface area (Å²) in [5.41, 5.74) is 5.39. The number of sulfonamides is 1. The summed E-state index contributed by atoms with van der Waals surface area (Å²) >= 11 is 0. The number of nitrogens with one attached hydrogen (secondary N) is 2. The average Bonchev–Trinajstić information content (AvgIpc) is 3.39. The van der Waals surface area contributed by atoms with Crippen LogP contribution < -0.4 is 14.9 Å². The molecule has 2 N–H and O–H groups in total. The summed E-state index contributed by atoms with van der Waals surface area (Å²) in [4.78, 5) is 15.7. The number of benzene rings is 2. The summed E-state index contributed by atoms with van der Waals surface area (Å²) in [7, 11) is -3.33. The van der Waals surface area contributed by atoms with Crippen molar-refractivity contribution in [2.24, 2.45) is 0 Å². The van der Waals surface area contributed by atoms with E-state index < -0.39 is 16.1 Å². The highest BCUT2D eigenvalue weighted by atomic mass is 32.2. The molecule has 2 aliphatic heterocycles. The van der Waals surface area contributed by atoms with E-state index in [1.165, 1.54) is 12.0 Å². The largest absolute Gasteiger partial charge is 0.464 e. The number of fused-ring (bicyclic) bond motifs is 1. The van der Waals surface area contributed by atoms with Gasteiger partial charge in [-0.1, -0.05) is 24.3 Å². The number of hydrogen-bond acceptors (Lipinski definition) is 5. The minimum absolute atomic E-state index is 0.0609. The third-order valence-corrected chi connectivity index (χ3v) is 7.91. The predicted molar refractivity (Wildman–Crippen MR) is 137 cm³/mol. The molecule has 0 bridgehead atoms. The molecule has 0 saturated carbocycles. The third kappa shape index (κ3) is 5.22. The molecule has 35 heavy (non-hydrogen) atoms. The summed E-state index contributed by atoms with van der Waals surface area (Å²) in [6.45, 7) is 5.99. The van der Waals surface area contributed by atoms with Gasteiger partial charge in [0.1, 0.15) is 17.6 Å². The first-order chi connectivity index (χ1) is 16.8. The Kier molecular flexibility index (Phi) is 6.32. The molecule has 0 aliphatic carbocycles. The molecule has 5 rings (SSSR count). The van der Waals surface area contributed by atoms with Crippen LogP contribution in [0.25, 0.3) is 0 Å². The van der Waals surface area contributed by atoms with Gasteiger partial charge < -0.3 is 14.6 Å². The first-order valence-electron chi connectivity index (χ1n) is 12.1. The zero-order valence-corrected chi connectivity index (χ0v) is 21.0. The molecule has 7 nitrogen and oxygen atoms in total. The number of nitrogens with zero attached hydrogens (tertiary/aromatic N) is 1. The van der Waals surface area contributed by atoms with Crippen LogP contribution in [0.4, 0.5) is 11.4 Å². The standard InChI is InChI=1S/C27H31N3O4S/c1-18-6-9-22(24(14-18)30-12-4-3-5-13-30)27(25-11-7-19(2)34-25)28-26(31)16-20-8-10-23-21(15-20)17-35(32,33)29-23/h6-11,14-15,27,29H,3-5,12-13,16-17H2,1-2H3,(H,28,31). The van der Waals surface area contributed by atoms with Crippen molar-refractivity contribution in [3.05, 3.63) is 82.3 Å². The SMILES string of the molecule is Cc1ccc(C(NC(=O)Cc2ccc3c(c2)CS(=O)(=O)N3)c2ccc(C)o2)c(N2CCCCC2)c1. The van der Waals surface area contributed by atoms with Crippen molar-refractivity contribution in [2.45, 2.75) is 51.3 Å². The zero-order valence-electron chi connectivity index (χ0n) is 20.1. The number of piperidine rings is 1. The monoisotopic (exact) mass is 493 g/mol. The third-order valence-electron chi connectivity index (χ3n) is 6.69. The van der Waals surface area contributed by atoms with Crippen LogP contribution in [-0.2, 0) is 27.0 Å². The fraction of sp³-hybridized carbons (Fsp3) is 0.370. The molecule has 0 spiro atoms. The maximum atomic E-state index is 13.3. The lowest BCUT2D eigenvalue weighted by Crippen LogP contribution is -2.34. The molecule has 8 heteroatoms. The molecule has 3 aromatic rings. The van der Waals surface area contributed by atoms with E-state index in [4.69, 9.17) is 4.42 Å². The van der Waals surface area contributed by atoms with Crippen LogP contribution in [-0.4, -0.2) is 27.4 Å². The second-order valence-electron chi connectivity index (χ2n) is 9.59. The quantitative estimate of drug-likeness (QED) is 0.524. The Bertz CT molecular complexity index is 1360. The summed E-state index contributed by atoms with van der Waals surface area (Å²) < 4.78 is 32.3. The first kappa shape index (κ1) is 23.5. The van der Waals surface area contributed by atoms with Gasteiger partial charge in [0.2, 0.25) is 15.9 Å². The van der Waals surface area contributed by atoms with Crippen LogP contribution in [0.3, 0.4) is 0 Å². The van der Waals surface area contributed by atoms with Gasteiger partial charge in [-0.25, -0.2) is 8.42 Å². The van der Waals surface area contributed by atoms with Crippen molar-refractivity contribution in [1.29, 1.82) is 0 Å². The number of hydrogen-bond donors (Lipinski definition) is 2. The van der Waals surface area contributed by atoms with Crippen LogP contribution in [0.2, 0.25) is 0 Å². The molecule has 2 aromatic carbocycles. The van der Waals surface area contributed by atoms with Gasteiger partial charge in [-0.3, -0.25) is 9.52 Å². The van der Waals surface area contributed by atoms with Crippen LogP contribution in [0.15, 0.2) is 52.9 Å². The number of rotatable bonds is 6. The topological polar surface area (TPSA) is 91.6 Å². The van der Waals surface area contributed by atoms with E-state index in [1.54, 1.807) is 18.2 Å². The first-order valence-corrected chi connectivity index (χ1v) is 13.8. The molecule has 1 aromatic heterocycles. The molecule has 1 unspecified atom stereocenters. The minimum atomic E-state index is -3.33. The molecule has 0 radical (unpaired) electrons. The number of carbonyl (C=O) groups excluding carboxylic acids is 1. The average molecular weight is 494 g/mol. The summed E-state index contributed by atoms with van der Waals surface area (Å²) in [5.74, 6) is 1.28. The van der Waals surface area contributed by atoms with E-state index in [2.05, 4.69) is 40.1 Å². The number of furan rings is 1. The van der Waals surface area contributed by atoms with Gasteiger partial charge in [0.25, 0.3) is 0 Å². The highest BCUT2D eigenvalue weighted by Crippen LogP contribution is 2.34. The van der Waals surface area contributed by atoms with E-state index in [-0.39, 0.29) is 18.1 Å². The van der Waals surface area contributed by atoms with Gasteiger partial charge in [0.15, 0.2) is 0 Å². The van der Waals surface area contributed by atoms with Crippen LogP contribution >= 0.6 is 0 Å². The van der Waals surface area contributed by atoms with Crippen molar-refractivity contribution in [2.75, 3.05) is 22.7 Å². The van der Waals surface area contributed by atoms with E-state index >= 15 is 0 Å². The fourth-order valence-electron chi connectivity index (χ4n) is 5.00. The Labute approximate surface area is 206 Å². The molecular formula is C27H31N3O4S. The normalized spacial score (nSPS) is 17.5. The second kappa shape index (κ2) is 9.41. The number of carbonyl (C=O) groups is 1. The minimum Gasteiger partial charge on any atom is -0.464 e. The van der Waals surface area contributed by atoms with Gasteiger partial charge in [-0.2, -0.15) is 0 Å². The Hall–Kier alpha value is -3.26. The van der Waals surface area contributed by atoms with Crippen LogP contribution in [0.5, 0.6) is 0 Å². The van der Waals surface area contributed by atoms with Crippen LogP contribution in [0.1, 0.15) is 59.1 Å². The lowest BCUT2D eigenvalue weighted by Gasteiger charge is -2.32. The van der Waals surface area contributed by atoms with Gasteiger partial charge >= 0.3 is 0 Å². The highest BCUT2D eigenvalue weighted by Gasteiger charge is 2.27. The Morgan fingerprint density at radius 2 is 1.86 bits per heavy atom. The van der Waals surface area contributed by atoms with E-state index in [9.17, 15) is 13.2 Å². The van der Waals surface area contributed by atoms with Crippen molar-refractivity contribution in [3.63, 3.8) is 0 Å². The lowest BCUT2D eigenvalue weighted by molar-refractivity contribution is -0.121. The van der Waals surface area contributed by atoms with Crippen molar-refractivity contribution >= 4 is 27.3 Å². The van der Waals surface area contributed by atoms with E-state index in [0.29, 0.717) is 17.0 Å². The number of amides is 1. The molecule has 1 atom stereocenters. The summed E-state index contributed by atoms with van der Waals surface area (Å²) in [6, 6.07) is 15.1. The van der Waals surface area contributed by atoms with Crippen LogP contribution in [0, 0.1) is 13.8 Å². The molecular weight excluding hydrogens is 462 g/mol. The Balaban J connectivity index is 1.43. The molecule has 3 heterocycles. The zero-order chi connectivity index (χ0) is 24.6. The van der Waals surface area contributed by atoms with E-state index in [0.717, 1.165) is 48.5 Å². The maximum Gasteiger partial charge on any atom is 0.237 e. The van der Waals surface area contributed by atoms with Crippen molar-refractivity contribution in [3.8, 4) is 0 Å². The Morgan fingerprint density at radius 3 is 2.60 bits per heavy atom. The van der Waals surface area contributed by atoms with Gasteiger partial charge in [0, 0.05) is 24.3 Å². The smallest absolute Gasteiger partial charge is 0.237 e. The highest BCUT2D eigenvalue weighted by molar-refractivity contribution is 7.92. The number of anilines is 2. The van der Waals surface area contributed by atoms with Gasteiger partial charge in [0.05, 0.1) is 17.9 Å². The van der Waals surface area contributed by atoms with Gasteiger partial charge in [-0.15, -0.1) is 0 Å². The Morgan fingerprint density at radius 1 is 1.06 bits per heavy atom. The molecule has 184 valence electrons. The van der Waals surface area contributed by atoms with E-state index in [1.807, 2.05) is 19.1 Å². The fourth-order valence-corrected chi connectivity index (χ4v) is 6.25. The summed E-state index contributed by atoms with van der Waals surface area (Å²) in [6.07, 6.45) is 3.71. The molecule has 1 saturated heterocycles. The maximum absolute atomic E-state index is 13.3. The van der Waals surface area contributed by atoms with Gasteiger partial charge in [-0.05, 0) is 74.1 Å². The number of aryl methyl sites for hydroxylation is 2.